The van der Waals surface area contributed by atoms with Gasteiger partial charge in [-0.25, -0.2) is 0 Å². The molecule has 0 unspecified atom stereocenters. The maximum absolute atomic E-state index is 12.4. The van der Waals surface area contributed by atoms with Gasteiger partial charge in [-0.05, 0) is 27.6 Å². The number of thiophene rings is 1. The normalized spacial score (nSPS) is 10.4. The predicted octanol–water partition coefficient (Wildman–Crippen LogP) is 5.41. The first kappa shape index (κ1) is 13.3. The quantitative estimate of drug-likeness (QED) is 0.581. The van der Waals surface area contributed by atoms with Gasteiger partial charge in [-0.3, -0.25) is 4.79 Å². The van der Waals surface area contributed by atoms with Crippen LogP contribution in [0.3, 0.4) is 0 Å². The highest BCUT2D eigenvalue weighted by Gasteiger charge is 2.15. The lowest BCUT2D eigenvalue weighted by Crippen LogP contribution is -1.97. The van der Waals surface area contributed by atoms with E-state index in [1.807, 2.05) is 66.7 Å². The summed E-state index contributed by atoms with van der Waals surface area (Å²) < 4.78 is 0.966. The molecule has 3 heteroatoms. The van der Waals surface area contributed by atoms with E-state index in [0.717, 1.165) is 25.4 Å². The largest absolute Gasteiger partial charge is 0.288 e. The molecule has 0 spiro atoms. The Kier molecular flexibility index (Phi) is 3.81. The van der Waals surface area contributed by atoms with Crippen LogP contribution in [0.2, 0.25) is 0 Å². The molecule has 1 heterocycles. The molecule has 0 fully saturated rings. The number of rotatable bonds is 3. The fraction of sp³-hybridized carbons (Fsp3) is 0. The van der Waals surface area contributed by atoms with Crippen molar-refractivity contribution in [2.24, 2.45) is 0 Å². The molecule has 0 bridgehead atoms. The lowest BCUT2D eigenvalue weighted by atomic mass is 10.1. The third kappa shape index (κ3) is 2.60. The Hall–Kier alpha value is -1.71. The molecule has 0 radical (unpaired) electrons. The number of halogens is 1. The van der Waals surface area contributed by atoms with Crippen molar-refractivity contribution < 1.29 is 4.79 Å². The minimum absolute atomic E-state index is 0.0680. The molecule has 0 saturated carbocycles. The number of ketones is 1. The van der Waals surface area contributed by atoms with Gasteiger partial charge in [0.2, 0.25) is 5.78 Å². The van der Waals surface area contributed by atoms with Gasteiger partial charge in [-0.2, -0.15) is 0 Å². The Morgan fingerprint density at radius 1 is 0.900 bits per heavy atom. The second-order valence-corrected chi connectivity index (χ2v) is 6.26. The molecule has 2 aromatic carbocycles. The Morgan fingerprint density at radius 3 is 2.15 bits per heavy atom. The minimum Gasteiger partial charge on any atom is -0.288 e. The number of hydrogen-bond donors (Lipinski definition) is 0. The third-order valence-corrected chi connectivity index (χ3v) is 5.05. The zero-order valence-corrected chi connectivity index (χ0v) is 12.9. The number of benzene rings is 2. The molecular formula is C17H11BrOS. The molecule has 1 aromatic heterocycles. The first-order valence-electron chi connectivity index (χ1n) is 6.20. The average molecular weight is 343 g/mol. The van der Waals surface area contributed by atoms with Crippen LogP contribution in [0.5, 0.6) is 0 Å². The zero-order chi connectivity index (χ0) is 13.9. The van der Waals surface area contributed by atoms with Crippen molar-refractivity contribution in [3.05, 3.63) is 81.6 Å². The Morgan fingerprint density at radius 2 is 1.50 bits per heavy atom. The van der Waals surface area contributed by atoms with E-state index in [2.05, 4.69) is 15.9 Å². The molecular weight excluding hydrogens is 332 g/mol. The van der Waals surface area contributed by atoms with Gasteiger partial charge in [0.15, 0.2) is 0 Å². The van der Waals surface area contributed by atoms with Crippen LogP contribution in [-0.2, 0) is 0 Å². The molecule has 1 nitrogen and oxygen atoms in total. The van der Waals surface area contributed by atoms with Crippen LogP contribution in [0.25, 0.3) is 10.4 Å². The lowest BCUT2D eigenvalue weighted by molar-refractivity contribution is 0.104. The molecule has 0 amide bonds. The van der Waals surface area contributed by atoms with E-state index in [-0.39, 0.29) is 5.78 Å². The Balaban J connectivity index is 2.00. The maximum Gasteiger partial charge on any atom is 0.203 e. The van der Waals surface area contributed by atoms with E-state index in [9.17, 15) is 4.79 Å². The fourth-order valence-corrected chi connectivity index (χ4v) is 3.87. The van der Waals surface area contributed by atoms with Crippen LogP contribution in [0.4, 0.5) is 0 Å². The Labute approximate surface area is 130 Å². The van der Waals surface area contributed by atoms with Crippen molar-refractivity contribution in [3.63, 3.8) is 0 Å². The van der Waals surface area contributed by atoms with Gasteiger partial charge in [0.1, 0.15) is 0 Å². The summed E-state index contributed by atoms with van der Waals surface area (Å²) in [6, 6.07) is 21.4. The molecule has 3 rings (SSSR count). The van der Waals surface area contributed by atoms with Crippen molar-refractivity contribution in [1.82, 2.24) is 0 Å². The second kappa shape index (κ2) is 5.73. The van der Waals surface area contributed by atoms with Crippen molar-refractivity contribution in [2.45, 2.75) is 0 Å². The SMILES string of the molecule is O=C(c1ccccc1)c1cc(Br)c(-c2ccccc2)s1. The molecule has 0 aliphatic heterocycles. The second-order valence-electron chi connectivity index (χ2n) is 4.35. The monoisotopic (exact) mass is 342 g/mol. The summed E-state index contributed by atoms with van der Waals surface area (Å²) in [6.07, 6.45) is 0. The van der Waals surface area contributed by atoms with Crippen LogP contribution in [0.1, 0.15) is 15.2 Å². The lowest BCUT2D eigenvalue weighted by Gasteiger charge is -1.98. The summed E-state index contributed by atoms with van der Waals surface area (Å²) in [5.74, 6) is 0.0680. The number of carbonyl (C=O) groups is 1. The first-order valence-corrected chi connectivity index (χ1v) is 7.81. The van der Waals surface area contributed by atoms with E-state index in [4.69, 9.17) is 0 Å². The van der Waals surface area contributed by atoms with Crippen LogP contribution in [-0.4, -0.2) is 5.78 Å². The van der Waals surface area contributed by atoms with Crippen molar-refractivity contribution in [3.8, 4) is 10.4 Å². The zero-order valence-electron chi connectivity index (χ0n) is 10.5. The predicted molar refractivity (Wildman–Crippen MR) is 87.3 cm³/mol. The molecule has 98 valence electrons. The molecule has 0 aliphatic carbocycles. The number of carbonyl (C=O) groups excluding carboxylic acids is 1. The molecule has 0 aliphatic rings. The van der Waals surface area contributed by atoms with E-state index < -0.39 is 0 Å². The van der Waals surface area contributed by atoms with Crippen LogP contribution < -0.4 is 0 Å². The first-order chi connectivity index (χ1) is 9.75. The summed E-state index contributed by atoms with van der Waals surface area (Å²) >= 11 is 5.07. The molecule has 0 N–H and O–H groups in total. The average Bonchev–Trinajstić information content (AvgIpc) is 2.90. The highest BCUT2D eigenvalue weighted by Crippen LogP contribution is 2.37. The van der Waals surface area contributed by atoms with E-state index >= 15 is 0 Å². The van der Waals surface area contributed by atoms with E-state index in [1.165, 1.54) is 11.3 Å². The van der Waals surface area contributed by atoms with Crippen LogP contribution >= 0.6 is 27.3 Å². The van der Waals surface area contributed by atoms with Gasteiger partial charge < -0.3 is 0 Å². The molecule has 20 heavy (non-hydrogen) atoms. The summed E-state index contributed by atoms with van der Waals surface area (Å²) in [6.45, 7) is 0. The minimum atomic E-state index is 0.0680. The van der Waals surface area contributed by atoms with Crippen LogP contribution in [0, 0.1) is 0 Å². The van der Waals surface area contributed by atoms with Gasteiger partial charge in [0.25, 0.3) is 0 Å². The molecule has 0 saturated heterocycles. The summed E-state index contributed by atoms with van der Waals surface area (Å²) in [4.78, 5) is 14.3. The third-order valence-electron chi connectivity index (χ3n) is 2.98. The maximum atomic E-state index is 12.4. The van der Waals surface area contributed by atoms with Gasteiger partial charge in [0, 0.05) is 14.9 Å². The van der Waals surface area contributed by atoms with Gasteiger partial charge in [0.05, 0.1) is 4.88 Å². The van der Waals surface area contributed by atoms with Crippen LogP contribution in [0.15, 0.2) is 71.2 Å². The van der Waals surface area contributed by atoms with Crippen molar-refractivity contribution in [2.75, 3.05) is 0 Å². The smallest absolute Gasteiger partial charge is 0.203 e. The summed E-state index contributed by atoms with van der Waals surface area (Å²) in [5.41, 5.74) is 1.84. The van der Waals surface area contributed by atoms with E-state index in [1.54, 1.807) is 0 Å². The van der Waals surface area contributed by atoms with Crippen molar-refractivity contribution in [1.29, 1.82) is 0 Å². The number of hydrogen-bond acceptors (Lipinski definition) is 2. The summed E-state index contributed by atoms with van der Waals surface area (Å²) in [5, 5.41) is 0. The molecule has 0 atom stereocenters. The molecule has 3 aromatic rings. The Bertz CT molecular complexity index is 732. The standard InChI is InChI=1S/C17H11BrOS/c18-14-11-15(16(19)12-7-3-1-4-8-12)20-17(14)13-9-5-2-6-10-13/h1-11H. The van der Waals surface area contributed by atoms with E-state index in [0.29, 0.717) is 0 Å². The highest BCUT2D eigenvalue weighted by molar-refractivity contribution is 9.10. The van der Waals surface area contributed by atoms with Gasteiger partial charge in [-0.15, -0.1) is 11.3 Å². The van der Waals surface area contributed by atoms with Gasteiger partial charge >= 0.3 is 0 Å². The van der Waals surface area contributed by atoms with Crippen molar-refractivity contribution >= 4 is 33.0 Å². The highest BCUT2D eigenvalue weighted by atomic mass is 79.9. The fourth-order valence-electron chi connectivity index (χ4n) is 2.00. The van der Waals surface area contributed by atoms with Gasteiger partial charge in [-0.1, -0.05) is 60.7 Å². The summed E-state index contributed by atoms with van der Waals surface area (Å²) in [7, 11) is 0. The topological polar surface area (TPSA) is 17.1 Å².